The van der Waals surface area contributed by atoms with Gasteiger partial charge in [0.25, 0.3) is 5.56 Å². The third-order valence-electron chi connectivity index (χ3n) is 8.46. The quantitative estimate of drug-likeness (QED) is 0.389. The molecule has 11 nitrogen and oxygen atoms in total. The van der Waals surface area contributed by atoms with E-state index >= 15 is 0 Å². The molecule has 1 saturated heterocycles. The second-order valence-corrected chi connectivity index (χ2v) is 10.7. The van der Waals surface area contributed by atoms with E-state index in [4.69, 9.17) is 14.2 Å². The second kappa shape index (κ2) is 10.5. The second-order valence-electron chi connectivity index (χ2n) is 10.7. The summed E-state index contributed by atoms with van der Waals surface area (Å²) in [6, 6.07) is 13.8. The standard InChI is InChI=1S/C29H33N7O4/c1-38-22-9-7-20(8-10-22)34-11-13-35(14-12-34)27(28-31-32-33-36(28)21-5-3-2-4-6-21)23-15-19-16-25-26(40-18-39-25)17-24(19)30-29(23)37/h7-10,15-17,21,27H,2-6,11-14,18H2,1H3,(H,30,37)/t27-/m0/s1. The maximum absolute atomic E-state index is 13.7. The van der Waals surface area contributed by atoms with Gasteiger partial charge in [-0.25, -0.2) is 4.68 Å². The maximum atomic E-state index is 13.7. The van der Waals surface area contributed by atoms with Crippen molar-refractivity contribution >= 4 is 16.6 Å². The third kappa shape index (κ3) is 4.53. The highest BCUT2D eigenvalue weighted by molar-refractivity contribution is 5.83. The minimum absolute atomic E-state index is 0.146. The molecule has 0 amide bonds. The van der Waals surface area contributed by atoms with Crippen molar-refractivity contribution in [3.8, 4) is 17.2 Å². The van der Waals surface area contributed by atoms with E-state index in [1.165, 1.54) is 19.3 Å². The van der Waals surface area contributed by atoms with Gasteiger partial charge in [-0.05, 0) is 59.7 Å². The summed E-state index contributed by atoms with van der Waals surface area (Å²) in [5.74, 6) is 2.90. The third-order valence-corrected chi connectivity index (χ3v) is 8.46. The van der Waals surface area contributed by atoms with Crippen molar-refractivity contribution in [2.45, 2.75) is 44.2 Å². The van der Waals surface area contributed by atoms with Crippen LogP contribution < -0.4 is 24.7 Å². The fourth-order valence-corrected chi connectivity index (χ4v) is 6.31. The minimum Gasteiger partial charge on any atom is -0.497 e. The maximum Gasteiger partial charge on any atom is 0.253 e. The van der Waals surface area contributed by atoms with Crippen molar-refractivity contribution in [3.63, 3.8) is 0 Å². The average Bonchev–Trinajstić information content (AvgIpc) is 3.67. The summed E-state index contributed by atoms with van der Waals surface area (Å²) >= 11 is 0. The van der Waals surface area contributed by atoms with Crippen molar-refractivity contribution in [2.75, 3.05) is 45.0 Å². The van der Waals surface area contributed by atoms with Gasteiger partial charge in [-0.1, -0.05) is 19.3 Å². The molecule has 1 saturated carbocycles. The number of nitrogens with one attached hydrogen (secondary N) is 1. The highest BCUT2D eigenvalue weighted by Crippen LogP contribution is 2.37. The molecule has 1 aliphatic carbocycles. The van der Waals surface area contributed by atoms with Crippen molar-refractivity contribution in [1.82, 2.24) is 30.1 Å². The van der Waals surface area contributed by atoms with E-state index < -0.39 is 0 Å². The Morgan fingerprint density at radius 1 is 0.975 bits per heavy atom. The average molecular weight is 544 g/mol. The topological polar surface area (TPSA) is 111 Å². The number of benzene rings is 2. The van der Waals surface area contributed by atoms with Crippen LogP contribution >= 0.6 is 0 Å². The lowest BCUT2D eigenvalue weighted by Crippen LogP contribution is -2.49. The van der Waals surface area contributed by atoms with Crippen LogP contribution in [0.25, 0.3) is 10.9 Å². The van der Waals surface area contributed by atoms with Crippen LogP contribution in [-0.2, 0) is 0 Å². The number of rotatable bonds is 6. The molecule has 4 heterocycles. The first kappa shape index (κ1) is 24.9. The highest BCUT2D eigenvalue weighted by atomic mass is 16.7. The van der Waals surface area contributed by atoms with Gasteiger partial charge in [-0.2, -0.15) is 0 Å². The zero-order valence-electron chi connectivity index (χ0n) is 22.6. The molecule has 0 unspecified atom stereocenters. The molecule has 1 atom stereocenters. The predicted molar refractivity (Wildman–Crippen MR) is 149 cm³/mol. The Bertz CT molecular complexity index is 1550. The fourth-order valence-electron chi connectivity index (χ4n) is 6.31. The Balaban J connectivity index is 1.25. The van der Waals surface area contributed by atoms with Gasteiger partial charge < -0.3 is 24.1 Å². The molecule has 1 N–H and O–H groups in total. The monoisotopic (exact) mass is 543 g/mol. The summed E-state index contributed by atoms with van der Waals surface area (Å²) in [7, 11) is 1.68. The summed E-state index contributed by atoms with van der Waals surface area (Å²) < 4.78 is 18.5. The molecule has 3 aliphatic rings. The number of methoxy groups -OCH3 is 1. The number of aromatic amines is 1. The van der Waals surface area contributed by atoms with E-state index in [1.54, 1.807) is 7.11 Å². The molecule has 2 aromatic carbocycles. The number of pyridine rings is 1. The van der Waals surface area contributed by atoms with Gasteiger partial charge in [0.1, 0.15) is 11.8 Å². The van der Waals surface area contributed by atoms with E-state index in [0.29, 0.717) is 22.6 Å². The minimum atomic E-state index is -0.381. The first-order valence-corrected chi connectivity index (χ1v) is 14.1. The van der Waals surface area contributed by atoms with Crippen LogP contribution in [0.4, 0.5) is 5.69 Å². The normalized spacial score (nSPS) is 18.8. The molecule has 0 spiro atoms. The van der Waals surface area contributed by atoms with E-state index in [-0.39, 0.29) is 24.4 Å². The molecule has 40 heavy (non-hydrogen) atoms. The smallest absolute Gasteiger partial charge is 0.253 e. The molecule has 208 valence electrons. The number of H-pyrrole nitrogens is 1. The van der Waals surface area contributed by atoms with Crippen molar-refractivity contribution < 1.29 is 14.2 Å². The number of piperazine rings is 1. The Morgan fingerprint density at radius 3 is 2.48 bits per heavy atom. The summed E-state index contributed by atoms with van der Waals surface area (Å²) in [6.07, 6.45) is 5.67. The van der Waals surface area contributed by atoms with E-state index in [0.717, 1.165) is 61.7 Å². The number of fused-ring (bicyclic) bond motifs is 2. The van der Waals surface area contributed by atoms with Crippen LogP contribution in [-0.4, -0.2) is 70.2 Å². The van der Waals surface area contributed by atoms with Crippen molar-refractivity contribution in [1.29, 1.82) is 0 Å². The molecule has 2 aliphatic heterocycles. The van der Waals surface area contributed by atoms with Gasteiger partial charge in [0.15, 0.2) is 17.3 Å². The molecular weight excluding hydrogens is 510 g/mol. The van der Waals surface area contributed by atoms with Crippen molar-refractivity contribution in [3.05, 3.63) is 64.2 Å². The highest BCUT2D eigenvalue weighted by Gasteiger charge is 2.34. The summed E-state index contributed by atoms with van der Waals surface area (Å²) in [5.41, 5.74) is 2.36. The zero-order chi connectivity index (χ0) is 27.1. The summed E-state index contributed by atoms with van der Waals surface area (Å²) in [6.45, 7) is 3.33. The molecule has 0 radical (unpaired) electrons. The van der Waals surface area contributed by atoms with Gasteiger partial charge in [-0.15, -0.1) is 5.10 Å². The summed E-state index contributed by atoms with van der Waals surface area (Å²) in [4.78, 5) is 21.5. The Morgan fingerprint density at radius 2 is 1.73 bits per heavy atom. The number of hydrogen-bond acceptors (Lipinski definition) is 9. The number of ether oxygens (including phenoxy) is 3. The van der Waals surface area contributed by atoms with Gasteiger partial charge in [0, 0.05) is 48.9 Å². The Labute approximate surface area is 231 Å². The Kier molecular flexibility index (Phi) is 6.51. The van der Waals surface area contributed by atoms with Crippen molar-refractivity contribution in [2.24, 2.45) is 0 Å². The fraction of sp³-hybridized carbons (Fsp3) is 0.448. The molecular formula is C29H33N7O4. The van der Waals surface area contributed by atoms with Gasteiger partial charge in [0.2, 0.25) is 6.79 Å². The summed E-state index contributed by atoms with van der Waals surface area (Å²) in [5, 5.41) is 14.0. The Hall–Kier alpha value is -4.12. The lowest BCUT2D eigenvalue weighted by Gasteiger charge is -2.40. The zero-order valence-corrected chi connectivity index (χ0v) is 22.6. The van der Waals surface area contributed by atoms with Crippen LogP contribution in [0.3, 0.4) is 0 Å². The number of tetrazole rings is 1. The molecule has 11 heteroatoms. The molecule has 2 fully saturated rings. The largest absolute Gasteiger partial charge is 0.497 e. The lowest BCUT2D eigenvalue weighted by molar-refractivity contribution is 0.174. The number of nitrogens with zero attached hydrogens (tertiary/aromatic N) is 6. The van der Waals surface area contributed by atoms with Crippen LogP contribution in [0.2, 0.25) is 0 Å². The number of aromatic nitrogens is 5. The van der Waals surface area contributed by atoms with Gasteiger partial charge >= 0.3 is 0 Å². The van der Waals surface area contributed by atoms with Gasteiger partial charge in [-0.3, -0.25) is 9.69 Å². The molecule has 0 bridgehead atoms. The molecule has 4 aromatic rings. The van der Waals surface area contributed by atoms with Crippen LogP contribution in [0, 0.1) is 0 Å². The molecule has 2 aromatic heterocycles. The van der Waals surface area contributed by atoms with E-state index in [2.05, 4.69) is 42.4 Å². The van der Waals surface area contributed by atoms with E-state index in [9.17, 15) is 4.79 Å². The first-order chi connectivity index (χ1) is 19.7. The SMILES string of the molecule is COc1ccc(N2CCN([C@@H](c3cc4cc5c(cc4[nH]c3=O)OCO5)c3nnnn3C3CCCCC3)CC2)cc1. The van der Waals surface area contributed by atoms with Crippen LogP contribution in [0.5, 0.6) is 17.2 Å². The number of anilines is 1. The van der Waals surface area contributed by atoms with E-state index in [1.807, 2.05) is 35.0 Å². The lowest BCUT2D eigenvalue weighted by atomic mass is 9.95. The first-order valence-electron chi connectivity index (χ1n) is 14.1. The predicted octanol–water partition coefficient (Wildman–Crippen LogP) is 3.67. The number of hydrogen-bond donors (Lipinski definition) is 1. The van der Waals surface area contributed by atoms with Crippen LogP contribution in [0.1, 0.15) is 55.6 Å². The molecule has 7 rings (SSSR count). The van der Waals surface area contributed by atoms with Crippen LogP contribution in [0.15, 0.2) is 47.3 Å². The van der Waals surface area contributed by atoms with Gasteiger partial charge in [0.05, 0.1) is 18.7 Å².